The number of carbonyl (C=O) groups excluding carboxylic acids is 1. The van der Waals surface area contributed by atoms with Crippen LogP contribution in [0.3, 0.4) is 0 Å². The van der Waals surface area contributed by atoms with E-state index in [0.29, 0.717) is 17.0 Å². The summed E-state index contributed by atoms with van der Waals surface area (Å²) in [4.78, 5) is 20.4. The highest BCUT2D eigenvalue weighted by Crippen LogP contribution is 2.33. The lowest BCUT2D eigenvalue weighted by Gasteiger charge is -2.29. The van der Waals surface area contributed by atoms with Gasteiger partial charge in [0.05, 0.1) is 30.0 Å². The van der Waals surface area contributed by atoms with Crippen LogP contribution in [-0.2, 0) is 0 Å². The standard InChI is InChI=1S/C19H16FN7O/c20-12-3-1-11(2-4-12)17-18(26(10-24-17)13-7-22-8-13)14-5-6-16-23-9-15(19(21)28)27(16)25-14/h1-6,9-10,13,22H,7-8H2,(H2,21,28). The number of halogens is 1. The van der Waals surface area contributed by atoms with Gasteiger partial charge in [-0.3, -0.25) is 4.79 Å². The Labute approximate surface area is 158 Å². The number of rotatable bonds is 4. The van der Waals surface area contributed by atoms with Crippen LogP contribution in [0.4, 0.5) is 4.39 Å². The van der Waals surface area contributed by atoms with Gasteiger partial charge in [0.1, 0.15) is 17.2 Å². The quantitative estimate of drug-likeness (QED) is 0.563. The third kappa shape index (κ3) is 2.55. The molecule has 1 aliphatic heterocycles. The third-order valence-corrected chi connectivity index (χ3v) is 4.92. The van der Waals surface area contributed by atoms with Crippen molar-refractivity contribution in [3.63, 3.8) is 0 Å². The first-order valence-electron chi connectivity index (χ1n) is 8.80. The summed E-state index contributed by atoms with van der Waals surface area (Å²) in [6, 6.07) is 10.0. The SMILES string of the molecule is NC(=O)c1cnc2ccc(-c3c(-c4ccc(F)cc4)ncn3C3CNC3)nn12. The van der Waals surface area contributed by atoms with Gasteiger partial charge in [-0.05, 0) is 36.4 Å². The molecule has 0 aliphatic carbocycles. The smallest absolute Gasteiger partial charge is 0.269 e. The number of amides is 1. The molecule has 5 rings (SSSR count). The van der Waals surface area contributed by atoms with Crippen LogP contribution in [-0.4, -0.2) is 43.1 Å². The van der Waals surface area contributed by atoms with Gasteiger partial charge in [0, 0.05) is 18.7 Å². The monoisotopic (exact) mass is 377 g/mol. The number of nitrogens with zero attached hydrogens (tertiary/aromatic N) is 5. The van der Waals surface area contributed by atoms with E-state index in [2.05, 4.69) is 25.0 Å². The number of fused-ring (bicyclic) bond motifs is 1. The minimum absolute atomic E-state index is 0.205. The van der Waals surface area contributed by atoms with Crippen molar-refractivity contribution < 1.29 is 9.18 Å². The molecule has 0 saturated carbocycles. The molecule has 140 valence electrons. The molecule has 8 nitrogen and oxygen atoms in total. The molecule has 0 atom stereocenters. The van der Waals surface area contributed by atoms with E-state index in [0.717, 1.165) is 24.3 Å². The van der Waals surface area contributed by atoms with Gasteiger partial charge in [-0.15, -0.1) is 0 Å². The summed E-state index contributed by atoms with van der Waals surface area (Å²) in [5, 5.41) is 7.85. The zero-order chi connectivity index (χ0) is 19.3. The maximum absolute atomic E-state index is 13.4. The van der Waals surface area contributed by atoms with E-state index in [1.54, 1.807) is 24.5 Å². The van der Waals surface area contributed by atoms with Crippen LogP contribution < -0.4 is 11.1 Å². The fraction of sp³-hybridized carbons (Fsp3) is 0.158. The molecular formula is C19H16FN7O. The largest absolute Gasteiger partial charge is 0.364 e. The summed E-state index contributed by atoms with van der Waals surface area (Å²) in [7, 11) is 0. The molecule has 0 radical (unpaired) electrons. The fourth-order valence-corrected chi connectivity index (χ4v) is 3.35. The third-order valence-electron chi connectivity index (χ3n) is 4.92. The molecule has 1 fully saturated rings. The number of carbonyl (C=O) groups is 1. The average Bonchev–Trinajstić information content (AvgIpc) is 3.25. The van der Waals surface area contributed by atoms with Crippen LogP contribution in [0.1, 0.15) is 16.5 Å². The Morgan fingerprint density at radius 2 is 1.93 bits per heavy atom. The Bertz CT molecular complexity index is 1190. The summed E-state index contributed by atoms with van der Waals surface area (Å²) in [6.07, 6.45) is 3.18. The molecule has 0 spiro atoms. The number of nitrogens with two attached hydrogens (primary N) is 1. The lowest BCUT2D eigenvalue weighted by molar-refractivity contribution is 0.0993. The Balaban J connectivity index is 1.72. The maximum atomic E-state index is 13.4. The van der Waals surface area contributed by atoms with E-state index in [9.17, 15) is 9.18 Å². The molecule has 9 heteroatoms. The second-order valence-corrected chi connectivity index (χ2v) is 6.66. The normalized spacial score (nSPS) is 14.3. The summed E-state index contributed by atoms with van der Waals surface area (Å²) in [5.41, 5.74) is 9.06. The number of primary amides is 1. The number of hydrogen-bond donors (Lipinski definition) is 2. The van der Waals surface area contributed by atoms with Crippen molar-refractivity contribution in [1.29, 1.82) is 0 Å². The summed E-state index contributed by atoms with van der Waals surface area (Å²) in [6.45, 7) is 1.65. The molecule has 3 N–H and O–H groups in total. The molecule has 4 aromatic rings. The van der Waals surface area contributed by atoms with Crippen LogP contribution in [0.2, 0.25) is 0 Å². The molecule has 4 heterocycles. The topological polar surface area (TPSA) is 103 Å². The zero-order valence-electron chi connectivity index (χ0n) is 14.7. The highest BCUT2D eigenvalue weighted by Gasteiger charge is 2.26. The molecule has 28 heavy (non-hydrogen) atoms. The lowest BCUT2D eigenvalue weighted by Crippen LogP contribution is -2.43. The van der Waals surface area contributed by atoms with Crippen molar-refractivity contribution in [2.24, 2.45) is 5.73 Å². The van der Waals surface area contributed by atoms with Gasteiger partial charge in [0.2, 0.25) is 0 Å². The molecule has 0 bridgehead atoms. The van der Waals surface area contributed by atoms with Gasteiger partial charge in [-0.1, -0.05) is 0 Å². The van der Waals surface area contributed by atoms with Crippen LogP contribution in [0, 0.1) is 5.82 Å². The van der Waals surface area contributed by atoms with Gasteiger partial charge in [0.15, 0.2) is 5.65 Å². The predicted octanol–water partition coefficient (Wildman–Crippen LogP) is 1.64. The van der Waals surface area contributed by atoms with E-state index < -0.39 is 5.91 Å². The van der Waals surface area contributed by atoms with Gasteiger partial charge >= 0.3 is 0 Å². The Hall–Kier alpha value is -3.59. The van der Waals surface area contributed by atoms with Crippen molar-refractivity contribution >= 4 is 11.6 Å². The van der Waals surface area contributed by atoms with Gasteiger partial charge < -0.3 is 15.6 Å². The van der Waals surface area contributed by atoms with Crippen molar-refractivity contribution in [1.82, 2.24) is 29.5 Å². The minimum atomic E-state index is -0.604. The van der Waals surface area contributed by atoms with Crippen molar-refractivity contribution in [3.8, 4) is 22.6 Å². The number of nitrogens with one attached hydrogen (secondary N) is 1. The Morgan fingerprint density at radius 3 is 2.61 bits per heavy atom. The molecule has 3 aromatic heterocycles. The first kappa shape index (κ1) is 16.6. The van der Waals surface area contributed by atoms with Gasteiger partial charge in [0.25, 0.3) is 5.91 Å². The fourth-order valence-electron chi connectivity index (χ4n) is 3.35. The lowest BCUT2D eigenvalue weighted by atomic mass is 10.1. The highest BCUT2D eigenvalue weighted by atomic mass is 19.1. The van der Waals surface area contributed by atoms with E-state index in [-0.39, 0.29) is 17.6 Å². The van der Waals surface area contributed by atoms with Crippen molar-refractivity contribution in [2.45, 2.75) is 6.04 Å². The second-order valence-electron chi connectivity index (χ2n) is 6.66. The highest BCUT2D eigenvalue weighted by molar-refractivity contribution is 5.91. The van der Waals surface area contributed by atoms with Crippen molar-refractivity contribution in [2.75, 3.05) is 13.1 Å². The zero-order valence-corrected chi connectivity index (χ0v) is 14.7. The summed E-state index contributed by atoms with van der Waals surface area (Å²) < 4.78 is 16.9. The summed E-state index contributed by atoms with van der Waals surface area (Å²) >= 11 is 0. The van der Waals surface area contributed by atoms with E-state index in [1.165, 1.54) is 22.8 Å². The van der Waals surface area contributed by atoms with Crippen LogP contribution in [0.25, 0.3) is 28.3 Å². The second kappa shape index (κ2) is 6.24. The summed E-state index contributed by atoms with van der Waals surface area (Å²) in [5.74, 6) is -0.912. The molecule has 1 aromatic carbocycles. The van der Waals surface area contributed by atoms with Crippen LogP contribution in [0.5, 0.6) is 0 Å². The number of benzene rings is 1. The molecule has 1 saturated heterocycles. The number of hydrogen-bond acceptors (Lipinski definition) is 5. The number of imidazole rings is 2. The Morgan fingerprint density at radius 1 is 1.14 bits per heavy atom. The first-order chi connectivity index (χ1) is 13.6. The average molecular weight is 377 g/mol. The van der Waals surface area contributed by atoms with Gasteiger partial charge in [-0.2, -0.15) is 5.10 Å². The van der Waals surface area contributed by atoms with E-state index in [1.807, 2.05) is 6.07 Å². The minimum Gasteiger partial charge on any atom is -0.364 e. The molecular weight excluding hydrogens is 361 g/mol. The van der Waals surface area contributed by atoms with E-state index >= 15 is 0 Å². The van der Waals surface area contributed by atoms with E-state index in [4.69, 9.17) is 5.73 Å². The van der Waals surface area contributed by atoms with Crippen LogP contribution in [0.15, 0.2) is 48.9 Å². The van der Waals surface area contributed by atoms with Crippen LogP contribution >= 0.6 is 0 Å². The molecule has 0 unspecified atom stereocenters. The number of aromatic nitrogens is 5. The Kier molecular flexibility index (Phi) is 3.69. The van der Waals surface area contributed by atoms with Crippen molar-refractivity contribution in [3.05, 3.63) is 60.4 Å². The molecule has 1 amide bonds. The van der Waals surface area contributed by atoms with Gasteiger partial charge in [-0.25, -0.2) is 18.9 Å². The predicted molar refractivity (Wildman–Crippen MR) is 100 cm³/mol. The maximum Gasteiger partial charge on any atom is 0.269 e. The molecule has 1 aliphatic rings. The first-order valence-corrected chi connectivity index (χ1v) is 8.80.